The quantitative estimate of drug-likeness (QED) is 0.599. The van der Waals surface area contributed by atoms with E-state index in [-0.39, 0.29) is 0 Å². The van der Waals surface area contributed by atoms with Gasteiger partial charge in [0, 0.05) is 6.54 Å². The van der Waals surface area contributed by atoms with Gasteiger partial charge in [0.2, 0.25) is 0 Å². The van der Waals surface area contributed by atoms with Crippen molar-refractivity contribution in [1.29, 1.82) is 0 Å². The van der Waals surface area contributed by atoms with Crippen molar-refractivity contribution in [2.45, 2.75) is 13.2 Å². The third-order valence-corrected chi connectivity index (χ3v) is 1.90. The number of ether oxygens (including phenoxy) is 1. The molecular formula is C9H11NO. The molecule has 0 aromatic heterocycles. The summed E-state index contributed by atoms with van der Waals surface area (Å²) in [6.07, 6.45) is 0. The average molecular weight is 149 g/mol. The maximum Gasteiger partial charge on any atom is 0.0972 e. The van der Waals surface area contributed by atoms with E-state index in [0.29, 0.717) is 6.73 Å². The van der Waals surface area contributed by atoms with E-state index in [1.807, 2.05) is 6.07 Å². The Morgan fingerprint density at radius 1 is 1.18 bits per heavy atom. The van der Waals surface area contributed by atoms with E-state index in [1.54, 1.807) is 0 Å². The van der Waals surface area contributed by atoms with Gasteiger partial charge in [-0.05, 0) is 11.1 Å². The van der Waals surface area contributed by atoms with Crippen LogP contribution in [0.3, 0.4) is 0 Å². The third-order valence-electron chi connectivity index (χ3n) is 1.90. The summed E-state index contributed by atoms with van der Waals surface area (Å²) >= 11 is 0. The van der Waals surface area contributed by atoms with Crippen molar-refractivity contribution in [2.75, 3.05) is 6.73 Å². The Labute approximate surface area is 66.2 Å². The molecule has 58 valence electrons. The Kier molecular flexibility index (Phi) is 1.88. The molecule has 1 aliphatic heterocycles. The molecule has 0 bridgehead atoms. The molecule has 0 saturated carbocycles. The number of hydrogen-bond acceptors (Lipinski definition) is 2. The Bertz CT molecular complexity index is 222. The minimum atomic E-state index is 0.661. The van der Waals surface area contributed by atoms with Crippen LogP contribution in [-0.4, -0.2) is 6.73 Å². The average Bonchev–Trinajstić information content (AvgIpc) is 2.28. The summed E-state index contributed by atoms with van der Waals surface area (Å²) in [5.74, 6) is 0. The first-order valence-corrected chi connectivity index (χ1v) is 3.82. The smallest absolute Gasteiger partial charge is 0.0972 e. The molecule has 0 atom stereocenters. The molecular weight excluding hydrogens is 138 g/mol. The lowest BCUT2D eigenvalue weighted by Crippen LogP contribution is -2.13. The second-order valence-electron chi connectivity index (χ2n) is 2.69. The largest absolute Gasteiger partial charge is 0.362 e. The van der Waals surface area contributed by atoms with Crippen molar-refractivity contribution >= 4 is 0 Å². The summed E-state index contributed by atoms with van der Waals surface area (Å²) in [4.78, 5) is 0. The first-order valence-electron chi connectivity index (χ1n) is 3.82. The second kappa shape index (κ2) is 3.03. The summed E-state index contributed by atoms with van der Waals surface area (Å²) in [5.41, 5.74) is 2.66. The van der Waals surface area contributed by atoms with Crippen LogP contribution in [0.15, 0.2) is 24.3 Å². The fourth-order valence-electron chi connectivity index (χ4n) is 1.29. The van der Waals surface area contributed by atoms with Gasteiger partial charge in [0.25, 0.3) is 0 Å². The van der Waals surface area contributed by atoms with Crippen LogP contribution < -0.4 is 5.32 Å². The minimum absolute atomic E-state index is 0.661. The highest BCUT2D eigenvalue weighted by atomic mass is 16.5. The van der Waals surface area contributed by atoms with Gasteiger partial charge in [-0.2, -0.15) is 0 Å². The highest BCUT2D eigenvalue weighted by molar-refractivity contribution is 5.26. The summed E-state index contributed by atoms with van der Waals surface area (Å²) in [6.45, 7) is 2.33. The second-order valence-corrected chi connectivity index (χ2v) is 2.69. The molecule has 2 rings (SSSR count). The van der Waals surface area contributed by atoms with Crippen molar-refractivity contribution in [3.63, 3.8) is 0 Å². The molecule has 0 aliphatic carbocycles. The van der Waals surface area contributed by atoms with E-state index in [1.165, 1.54) is 11.1 Å². The van der Waals surface area contributed by atoms with Crippen molar-refractivity contribution in [2.24, 2.45) is 0 Å². The first kappa shape index (κ1) is 6.83. The van der Waals surface area contributed by atoms with Gasteiger partial charge < -0.3 is 4.74 Å². The van der Waals surface area contributed by atoms with Crippen LogP contribution in [0.2, 0.25) is 0 Å². The SMILES string of the molecule is c1ccc2c(c1)CNCOC2. The maximum absolute atomic E-state index is 5.31. The van der Waals surface area contributed by atoms with Gasteiger partial charge in [-0.1, -0.05) is 24.3 Å². The molecule has 11 heavy (non-hydrogen) atoms. The third kappa shape index (κ3) is 1.42. The predicted molar refractivity (Wildman–Crippen MR) is 42.9 cm³/mol. The predicted octanol–water partition coefficient (Wildman–Crippen LogP) is 1.26. The summed E-state index contributed by atoms with van der Waals surface area (Å²) < 4.78 is 5.31. The first-order chi connectivity index (χ1) is 5.47. The highest BCUT2D eigenvalue weighted by Gasteiger charge is 2.04. The zero-order chi connectivity index (χ0) is 7.52. The van der Waals surface area contributed by atoms with Crippen molar-refractivity contribution < 1.29 is 4.74 Å². The molecule has 1 heterocycles. The lowest BCUT2D eigenvalue weighted by atomic mass is 10.1. The monoisotopic (exact) mass is 149 g/mol. The van der Waals surface area contributed by atoms with Crippen molar-refractivity contribution in [3.8, 4) is 0 Å². The molecule has 0 radical (unpaired) electrons. The van der Waals surface area contributed by atoms with Crippen LogP contribution in [-0.2, 0) is 17.9 Å². The summed E-state index contributed by atoms with van der Waals surface area (Å²) in [5, 5.41) is 3.18. The number of benzene rings is 1. The Balaban J connectivity index is 2.33. The van der Waals surface area contributed by atoms with Crippen molar-refractivity contribution in [3.05, 3.63) is 35.4 Å². The Morgan fingerprint density at radius 2 is 2.00 bits per heavy atom. The summed E-state index contributed by atoms with van der Waals surface area (Å²) in [6, 6.07) is 8.36. The molecule has 0 unspecified atom stereocenters. The standard InChI is InChI=1S/C9H11NO/c1-2-4-9-6-11-7-10-5-8(9)3-1/h1-4,10H,5-7H2. The van der Waals surface area contributed by atoms with E-state index in [2.05, 4.69) is 23.5 Å². The molecule has 1 N–H and O–H groups in total. The molecule has 1 aromatic carbocycles. The molecule has 0 spiro atoms. The van der Waals surface area contributed by atoms with E-state index >= 15 is 0 Å². The van der Waals surface area contributed by atoms with Gasteiger partial charge in [-0.15, -0.1) is 0 Å². The Hall–Kier alpha value is -0.860. The zero-order valence-corrected chi connectivity index (χ0v) is 6.34. The normalized spacial score (nSPS) is 17.1. The lowest BCUT2D eigenvalue weighted by molar-refractivity contribution is 0.110. The van der Waals surface area contributed by atoms with E-state index in [4.69, 9.17) is 4.74 Å². The minimum Gasteiger partial charge on any atom is -0.362 e. The van der Waals surface area contributed by atoms with Gasteiger partial charge in [-0.25, -0.2) is 0 Å². The van der Waals surface area contributed by atoms with Crippen LogP contribution in [0.25, 0.3) is 0 Å². The maximum atomic E-state index is 5.31. The van der Waals surface area contributed by atoms with Crippen LogP contribution in [0, 0.1) is 0 Å². The number of nitrogens with one attached hydrogen (secondary N) is 1. The topological polar surface area (TPSA) is 21.3 Å². The zero-order valence-electron chi connectivity index (χ0n) is 6.34. The number of rotatable bonds is 0. The Morgan fingerprint density at radius 3 is 2.91 bits per heavy atom. The van der Waals surface area contributed by atoms with Crippen LogP contribution in [0.4, 0.5) is 0 Å². The fourth-order valence-corrected chi connectivity index (χ4v) is 1.29. The molecule has 0 saturated heterocycles. The van der Waals surface area contributed by atoms with Crippen LogP contribution >= 0.6 is 0 Å². The van der Waals surface area contributed by atoms with E-state index in [0.717, 1.165) is 13.2 Å². The van der Waals surface area contributed by atoms with E-state index in [9.17, 15) is 0 Å². The molecule has 0 amide bonds. The molecule has 2 heteroatoms. The highest BCUT2D eigenvalue weighted by Crippen LogP contribution is 2.11. The van der Waals surface area contributed by atoms with Gasteiger partial charge in [0.1, 0.15) is 0 Å². The molecule has 2 nitrogen and oxygen atoms in total. The van der Waals surface area contributed by atoms with Crippen LogP contribution in [0.5, 0.6) is 0 Å². The van der Waals surface area contributed by atoms with Gasteiger partial charge in [0.05, 0.1) is 13.3 Å². The number of hydrogen-bond donors (Lipinski definition) is 1. The summed E-state index contributed by atoms with van der Waals surface area (Å²) in [7, 11) is 0. The van der Waals surface area contributed by atoms with Crippen molar-refractivity contribution in [1.82, 2.24) is 5.32 Å². The van der Waals surface area contributed by atoms with Gasteiger partial charge >= 0.3 is 0 Å². The van der Waals surface area contributed by atoms with E-state index < -0.39 is 0 Å². The molecule has 1 aliphatic rings. The molecule has 1 aromatic rings. The lowest BCUT2D eigenvalue weighted by Gasteiger charge is -2.01. The molecule has 0 fully saturated rings. The fraction of sp³-hybridized carbons (Fsp3) is 0.333. The van der Waals surface area contributed by atoms with Gasteiger partial charge in [0.15, 0.2) is 0 Å². The van der Waals surface area contributed by atoms with Gasteiger partial charge in [-0.3, -0.25) is 5.32 Å². The van der Waals surface area contributed by atoms with Crippen LogP contribution in [0.1, 0.15) is 11.1 Å². The number of fused-ring (bicyclic) bond motifs is 1.